The van der Waals surface area contributed by atoms with Crippen LogP contribution in [0.1, 0.15) is 12.3 Å². The van der Waals surface area contributed by atoms with E-state index in [2.05, 4.69) is 14.1 Å². The molecule has 0 aromatic carbocycles. The first-order valence-corrected chi connectivity index (χ1v) is 6.18. The summed E-state index contributed by atoms with van der Waals surface area (Å²) >= 11 is 0. The predicted octanol–water partition coefficient (Wildman–Crippen LogP) is 1.22. The standard InChI is InChI=1S/C8H7F4NO6S/c9-7(10,8(11,12)20(15,16)17)3-6(14)19-4-5-13-1-2-18-5/h1-2H,3-4H2,(H,15,16,17). The second-order valence-electron chi connectivity index (χ2n) is 3.46. The lowest BCUT2D eigenvalue weighted by atomic mass is 10.2. The molecule has 0 spiro atoms. The van der Waals surface area contributed by atoms with Crippen LogP contribution in [0.2, 0.25) is 0 Å². The predicted molar refractivity (Wildman–Crippen MR) is 52.4 cm³/mol. The minimum atomic E-state index is -6.39. The van der Waals surface area contributed by atoms with Crippen LogP contribution in [0.15, 0.2) is 16.9 Å². The maximum absolute atomic E-state index is 13.0. The molecule has 0 radical (unpaired) electrons. The van der Waals surface area contributed by atoms with Crippen LogP contribution in [0, 0.1) is 0 Å². The summed E-state index contributed by atoms with van der Waals surface area (Å²) in [5.74, 6) is -7.34. The maximum atomic E-state index is 13.0. The summed E-state index contributed by atoms with van der Waals surface area (Å²) in [5.41, 5.74) is 0. The largest absolute Gasteiger partial charge is 0.455 e. The van der Waals surface area contributed by atoms with Crippen molar-refractivity contribution in [2.75, 3.05) is 0 Å². The van der Waals surface area contributed by atoms with Crippen molar-refractivity contribution in [2.45, 2.75) is 24.2 Å². The van der Waals surface area contributed by atoms with Gasteiger partial charge in [0.25, 0.3) is 0 Å². The van der Waals surface area contributed by atoms with Crippen LogP contribution < -0.4 is 0 Å². The molecule has 0 saturated heterocycles. The summed E-state index contributed by atoms with van der Waals surface area (Å²) in [7, 11) is -6.39. The van der Waals surface area contributed by atoms with E-state index in [0.29, 0.717) is 0 Å². The van der Waals surface area contributed by atoms with Gasteiger partial charge < -0.3 is 9.15 Å². The third kappa shape index (κ3) is 3.45. The lowest BCUT2D eigenvalue weighted by Gasteiger charge is -2.22. The zero-order chi connectivity index (χ0) is 15.6. The molecule has 12 heteroatoms. The van der Waals surface area contributed by atoms with Crippen LogP contribution in [0.3, 0.4) is 0 Å². The molecule has 1 rings (SSSR count). The lowest BCUT2D eigenvalue weighted by molar-refractivity contribution is -0.183. The molecule has 1 heterocycles. The van der Waals surface area contributed by atoms with E-state index in [4.69, 9.17) is 4.55 Å². The molecule has 0 aliphatic heterocycles. The van der Waals surface area contributed by atoms with Crippen molar-refractivity contribution in [3.05, 3.63) is 18.4 Å². The number of nitrogens with zero attached hydrogens (tertiary/aromatic N) is 1. The average Bonchev–Trinajstić information content (AvgIpc) is 2.76. The summed E-state index contributed by atoms with van der Waals surface area (Å²) in [6.07, 6.45) is -0.00494. The highest BCUT2D eigenvalue weighted by atomic mass is 32.2. The van der Waals surface area contributed by atoms with E-state index in [1.54, 1.807) is 0 Å². The Morgan fingerprint density at radius 1 is 1.40 bits per heavy atom. The Hall–Kier alpha value is -1.69. The first kappa shape index (κ1) is 16.4. The summed E-state index contributed by atoms with van der Waals surface area (Å²) in [5, 5.41) is -5.82. The van der Waals surface area contributed by atoms with Crippen molar-refractivity contribution >= 4 is 16.1 Å². The number of hydrogen-bond donors (Lipinski definition) is 1. The fourth-order valence-electron chi connectivity index (χ4n) is 0.990. The van der Waals surface area contributed by atoms with E-state index in [1.807, 2.05) is 0 Å². The van der Waals surface area contributed by atoms with Gasteiger partial charge in [0.15, 0.2) is 6.61 Å². The molecule has 0 amide bonds. The Kier molecular flexibility index (Phi) is 4.39. The van der Waals surface area contributed by atoms with Gasteiger partial charge in [0.05, 0.1) is 6.20 Å². The van der Waals surface area contributed by atoms with Gasteiger partial charge in [-0.25, -0.2) is 4.98 Å². The Bertz CT molecular complexity index is 570. The van der Waals surface area contributed by atoms with Gasteiger partial charge in [-0.05, 0) is 0 Å². The second kappa shape index (κ2) is 5.36. The van der Waals surface area contributed by atoms with Gasteiger partial charge in [-0.2, -0.15) is 26.0 Å². The van der Waals surface area contributed by atoms with Gasteiger partial charge in [-0.15, -0.1) is 0 Å². The first-order valence-electron chi connectivity index (χ1n) is 4.74. The zero-order valence-corrected chi connectivity index (χ0v) is 10.2. The molecular formula is C8H7F4NO6S. The minimum Gasteiger partial charge on any atom is -0.455 e. The van der Waals surface area contributed by atoms with Gasteiger partial charge in [0.1, 0.15) is 12.7 Å². The van der Waals surface area contributed by atoms with Gasteiger partial charge in [-0.3, -0.25) is 9.35 Å². The molecule has 20 heavy (non-hydrogen) atoms. The zero-order valence-electron chi connectivity index (χ0n) is 9.42. The van der Waals surface area contributed by atoms with Crippen LogP contribution in [0.5, 0.6) is 0 Å². The van der Waals surface area contributed by atoms with E-state index in [-0.39, 0.29) is 5.89 Å². The SMILES string of the molecule is O=C(CC(F)(F)C(F)(F)S(=O)(=O)O)OCc1ncco1. The van der Waals surface area contributed by atoms with Crippen molar-refractivity contribution in [3.63, 3.8) is 0 Å². The minimum absolute atomic E-state index is 0.178. The van der Waals surface area contributed by atoms with Crippen LogP contribution >= 0.6 is 0 Å². The highest BCUT2D eigenvalue weighted by Crippen LogP contribution is 2.40. The Labute approximate surface area is 109 Å². The number of esters is 1. The fraction of sp³-hybridized carbons (Fsp3) is 0.500. The summed E-state index contributed by atoms with van der Waals surface area (Å²) in [6, 6.07) is 0. The Morgan fingerprint density at radius 2 is 2.00 bits per heavy atom. The second-order valence-corrected chi connectivity index (χ2v) is 4.92. The molecule has 1 aromatic rings. The fourth-order valence-corrected chi connectivity index (χ4v) is 1.44. The van der Waals surface area contributed by atoms with Crippen LogP contribution in [0.25, 0.3) is 0 Å². The highest BCUT2D eigenvalue weighted by molar-refractivity contribution is 7.87. The number of ether oxygens (including phenoxy) is 1. The van der Waals surface area contributed by atoms with Crippen molar-refractivity contribution < 1.29 is 44.5 Å². The molecule has 0 fully saturated rings. The molecule has 1 N–H and O–H groups in total. The molecule has 114 valence electrons. The smallest absolute Gasteiger partial charge is 0.432 e. The lowest BCUT2D eigenvalue weighted by Crippen LogP contribution is -2.48. The molecule has 0 aliphatic rings. The molecule has 0 atom stereocenters. The number of aromatic nitrogens is 1. The quantitative estimate of drug-likeness (QED) is 0.477. The number of alkyl halides is 4. The average molecular weight is 321 g/mol. The van der Waals surface area contributed by atoms with Gasteiger partial charge in [-0.1, -0.05) is 0 Å². The highest BCUT2D eigenvalue weighted by Gasteiger charge is 2.66. The number of carbonyl (C=O) groups is 1. The van der Waals surface area contributed by atoms with Gasteiger partial charge in [0.2, 0.25) is 5.89 Å². The topological polar surface area (TPSA) is 107 Å². The molecule has 0 aliphatic carbocycles. The molecule has 7 nitrogen and oxygen atoms in total. The number of rotatable bonds is 6. The molecule has 1 aromatic heterocycles. The third-order valence-corrected chi connectivity index (χ3v) is 2.90. The Morgan fingerprint density at radius 3 is 2.45 bits per heavy atom. The van der Waals surface area contributed by atoms with E-state index < -0.39 is 40.3 Å². The van der Waals surface area contributed by atoms with Crippen molar-refractivity contribution in [1.82, 2.24) is 4.98 Å². The monoisotopic (exact) mass is 321 g/mol. The van der Waals surface area contributed by atoms with Crippen molar-refractivity contribution in [1.29, 1.82) is 0 Å². The van der Waals surface area contributed by atoms with Crippen LogP contribution in [-0.2, 0) is 26.3 Å². The molecular weight excluding hydrogens is 314 g/mol. The normalized spacial score (nSPS) is 13.2. The summed E-state index contributed by atoms with van der Waals surface area (Å²) in [4.78, 5) is 14.4. The molecule has 0 unspecified atom stereocenters. The molecule has 0 bridgehead atoms. The van der Waals surface area contributed by atoms with Gasteiger partial charge >= 0.3 is 27.3 Å². The number of halogens is 4. The molecule has 0 saturated carbocycles. The van der Waals surface area contributed by atoms with E-state index in [1.165, 1.54) is 0 Å². The summed E-state index contributed by atoms with van der Waals surface area (Å²) in [6.45, 7) is -0.695. The van der Waals surface area contributed by atoms with E-state index in [9.17, 15) is 30.8 Å². The van der Waals surface area contributed by atoms with E-state index in [0.717, 1.165) is 12.5 Å². The van der Waals surface area contributed by atoms with Gasteiger partial charge in [0, 0.05) is 0 Å². The maximum Gasteiger partial charge on any atom is 0.432 e. The van der Waals surface area contributed by atoms with Crippen molar-refractivity contribution in [3.8, 4) is 0 Å². The number of oxazole rings is 1. The Balaban J connectivity index is 2.68. The van der Waals surface area contributed by atoms with Crippen LogP contribution in [-0.4, -0.2) is 35.1 Å². The first-order chi connectivity index (χ1) is 8.97. The van der Waals surface area contributed by atoms with Crippen molar-refractivity contribution in [2.24, 2.45) is 0 Å². The van der Waals surface area contributed by atoms with Crippen LogP contribution in [0.4, 0.5) is 17.6 Å². The number of carbonyl (C=O) groups excluding carboxylic acids is 1. The van der Waals surface area contributed by atoms with E-state index >= 15 is 0 Å². The number of hydrogen-bond acceptors (Lipinski definition) is 6. The third-order valence-electron chi connectivity index (χ3n) is 1.96. The summed E-state index contributed by atoms with van der Waals surface area (Å²) < 4.78 is 88.6.